The Balaban J connectivity index is 2.06. The number of hydrogen-bond donors (Lipinski definition) is 1. The molecule has 9 heteroatoms. The molecular weight excluding hydrogens is 328 g/mol. The van der Waals surface area contributed by atoms with E-state index in [0.29, 0.717) is 30.4 Å². The van der Waals surface area contributed by atoms with Crippen LogP contribution in [0.3, 0.4) is 0 Å². The Labute approximate surface area is 130 Å². The highest BCUT2D eigenvalue weighted by atomic mass is 32.2. The van der Waals surface area contributed by atoms with Gasteiger partial charge in [-0.15, -0.1) is 0 Å². The van der Waals surface area contributed by atoms with E-state index in [9.17, 15) is 13.2 Å². The summed E-state index contributed by atoms with van der Waals surface area (Å²) in [5.41, 5.74) is 5.50. The van der Waals surface area contributed by atoms with Crippen molar-refractivity contribution in [2.75, 3.05) is 13.2 Å². The molecule has 1 aromatic carbocycles. The van der Waals surface area contributed by atoms with Crippen LogP contribution in [0.5, 0.6) is 11.5 Å². The molecule has 0 aliphatic carbocycles. The van der Waals surface area contributed by atoms with Gasteiger partial charge in [-0.25, -0.2) is 13.4 Å². The van der Waals surface area contributed by atoms with Crippen LogP contribution >= 0.6 is 11.3 Å². The first-order valence-corrected chi connectivity index (χ1v) is 8.61. The third-order valence-electron chi connectivity index (χ3n) is 3.05. The average Bonchev–Trinajstić information content (AvgIpc) is 2.89. The maximum absolute atomic E-state index is 12.6. The zero-order valence-electron chi connectivity index (χ0n) is 11.5. The van der Waals surface area contributed by atoms with E-state index in [0.717, 1.165) is 11.3 Å². The topological polar surface area (TPSA) is 109 Å². The maximum Gasteiger partial charge on any atom is 0.260 e. The van der Waals surface area contributed by atoms with E-state index in [1.807, 2.05) is 0 Å². The molecule has 1 aromatic heterocycles. The molecule has 3 rings (SSSR count). The SMILES string of the molecule is Cc1nc(S(=O)(=O)c2ccc3c(c2)OCCO3)sc1C(N)=O. The Morgan fingerprint density at radius 1 is 1.27 bits per heavy atom. The van der Waals surface area contributed by atoms with Crippen molar-refractivity contribution in [2.45, 2.75) is 16.2 Å². The van der Waals surface area contributed by atoms with E-state index in [1.54, 1.807) is 6.92 Å². The van der Waals surface area contributed by atoms with Crippen LogP contribution in [-0.2, 0) is 9.84 Å². The molecule has 0 atom stereocenters. The molecule has 2 aromatic rings. The summed E-state index contributed by atoms with van der Waals surface area (Å²) < 4.78 is 35.8. The van der Waals surface area contributed by atoms with E-state index < -0.39 is 15.7 Å². The van der Waals surface area contributed by atoms with Crippen molar-refractivity contribution < 1.29 is 22.7 Å². The Morgan fingerprint density at radius 2 is 1.95 bits per heavy atom. The summed E-state index contributed by atoms with van der Waals surface area (Å²) in [4.78, 5) is 15.4. The molecule has 0 saturated heterocycles. The number of rotatable bonds is 3. The van der Waals surface area contributed by atoms with Gasteiger partial charge in [0.05, 0.1) is 10.6 Å². The number of nitrogens with two attached hydrogens (primary N) is 1. The van der Waals surface area contributed by atoms with Gasteiger partial charge >= 0.3 is 0 Å². The number of carbonyl (C=O) groups is 1. The predicted molar refractivity (Wildman–Crippen MR) is 78.3 cm³/mol. The minimum absolute atomic E-state index is 0.0292. The van der Waals surface area contributed by atoms with Crippen molar-refractivity contribution in [1.29, 1.82) is 0 Å². The van der Waals surface area contributed by atoms with E-state index in [4.69, 9.17) is 15.2 Å². The Hall–Kier alpha value is -2.13. The normalized spacial score (nSPS) is 13.9. The molecule has 2 N–H and O–H groups in total. The third kappa shape index (κ3) is 2.42. The summed E-state index contributed by atoms with van der Waals surface area (Å²) in [5.74, 6) is 0.174. The highest BCUT2D eigenvalue weighted by Crippen LogP contribution is 2.35. The number of hydrogen-bond acceptors (Lipinski definition) is 7. The van der Waals surface area contributed by atoms with Gasteiger partial charge < -0.3 is 15.2 Å². The van der Waals surface area contributed by atoms with Gasteiger partial charge in [-0.3, -0.25) is 4.79 Å². The fourth-order valence-corrected chi connectivity index (χ4v) is 4.60. The van der Waals surface area contributed by atoms with Gasteiger partial charge in [0.25, 0.3) is 5.91 Å². The maximum atomic E-state index is 12.6. The van der Waals surface area contributed by atoms with E-state index >= 15 is 0 Å². The second-order valence-corrected chi connectivity index (χ2v) is 7.69. The van der Waals surface area contributed by atoms with Gasteiger partial charge in [0, 0.05) is 6.07 Å². The number of aryl methyl sites for hydroxylation is 1. The minimum Gasteiger partial charge on any atom is -0.486 e. The van der Waals surface area contributed by atoms with Crippen molar-refractivity contribution in [2.24, 2.45) is 5.73 Å². The molecule has 1 amide bonds. The zero-order valence-corrected chi connectivity index (χ0v) is 13.2. The number of nitrogens with zero attached hydrogens (tertiary/aromatic N) is 1. The van der Waals surface area contributed by atoms with E-state index in [-0.39, 0.29) is 14.1 Å². The highest BCUT2D eigenvalue weighted by Gasteiger charge is 2.26. The summed E-state index contributed by atoms with van der Waals surface area (Å²) >= 11 is 0.761. The van der Waals surface area contributed by atoms with Crippen LogP contribution in [0.2, 0.25) is 0 Å². The van der Waals surface area contributed by atoms with Gasteiger partial charge in [0.1, 0.15) is 18.1 Å². The predicted octanol–water partition coefficient (Wildman–Crippen LogP) is 1.15. The molecule has 0 saturated carbocycles. The molecular formula is C13H12N2O5S2. The number of benzene rings is 1. The number of amides is 1. The van der Waals surface area contributed by atoms with Crippen molar-refractivity contribution >= 4 is 27.1 Å². The Kier molecular flexibility index (Phi) is 3.53. The van der Waals surface area contributed by atoms with Crippen molar-refractivity contribution in [3.8, 4) is 11.5 Å². The minimum atomic E-state index is -3.84. The second kappa shape index (κ2) is 5.25. The first-order valence-electron chi connectivity index (χ1n) is 6.31. The Bertz CT molecular complexity index is 857. The molecule has 0 unspecified atom stereocenters. The van der Waals surface area contributed by atoms with Crippen molar-refractivity contribution in [3.05, 3.63) is 28.8 Å². The molecule has 0 spiro atoms. The summed E-state index contributed by atoms with van der Waals surface area (Å²) in [6.45, 7) is 2.32. The number of sulfone groups is 1. The second-order valence-electron chi connectivity index (χ2n) is 4.57. The monoisotopic (exact) mass is 340 g/mol. The average molecular weight is 340 g/mol. The smallest absolute Gasteiger partial charge is 0.260 e. The lowest BCUT2D eigenvalue weighted by Gasteiger charge is -2.18. The third-order valence-corrected chi connectivity index (χ3v) is 6.36. The molecule has 7 nitrogen and oxygen atoms in total. The lowest BCUT2D eigenvalue weighted by Crippen LogP contribution is -2.15. The van der Waals surface area contributed by atoms with Crippen molar-refractivity contribution in [1.82, 2.24) is 4.98 Å². The molecule has 0 fully saturated rings. The van der Waals surface area contributed by atoms with Crippen LogP contribution < -0.4 is 15.2 Å². The molecule has 22 heavy (non-hydrogen) atoms. The summed E-state index contributed by atoms with van der Waals surface area (Å²) in [7, 11) is -3.84. The van der Waals surface area contributed by atoms with Crippen LogP contribution in [0.1, 0.15) is 15.4 Å². The number of ether oxygens (including phenoxy) is 2. The number of carbonyl (C=O) groups excluding carboxylic acids is 1. The fraction of sp³-hybridized carbons (Fsp3) is 0.231. The summed E-state index contributed by atoms with van der Waals surface area (Å²) in [6, 6.07) is 4.35. The van der Waals surface area contributed by atoms with Gasteiger partial charge in [0.15, 0.2) is 11.5 Å². The van der Waals surface area contributed by atoms with Crippen LogP contribution in [-0.4, -0.2) is 32.5 Å². The summed E-state index contributed by atoms with van der Waals surface area (Å²) in [5, 5.41) is 0. The molecule has 0 bridgehead atoms. The van der Waals surface area contributed by atoms with E-state index in [2.05, 4.69) is 4.98 Å². The van der Waals surface area contributed by atoms with Gasteiger partial charge in [-0.05, 0) is 19.1 Å². The highest BCUT2D eigenvalue weighted by molar-refractivity contribution is 7.93. The van der Waals surface area contributed by atoms with Crippen LogP contribution in [0.15, 0.2) is 27.4 Å². The van der Waals surface area contributed by atoms with Crippen molar-refractivity contribution in [3.63, 3.8) is 0 Å². The molecule has 0 radical (unpaired) electrons. The number of aromatic nitrogens is 1. The lowest BCUT2D eigenvalue weighted by molar-refractivity contribution is 0.100. The number of fused-ring (bicyclic) bond motifs is 1. The standard InChI is InChI=1S/C13H12N2O5S2/c1-7-11(12(14)16)21-13(15-7)22(17,18)8-2-3-9-10(6-8)20-5-4-19-9/h2-3,6H,4-5H2,1H3,(H2,14,16). The lowest BCUT2D eigenvalue weighted by atomic mass is 10.3. The van der Waals surface area contributed by atoms with Crippen LogP contribution in [0, 0.1) is 6.92 Å². The Morgan fingerprint density at radius 3 is 2.59 bits per heavy atom. The van der Waals surface area contributed by atoms with E-state index in [1.165, 1.54) is 18.2 Å². The van der Waals surface area contributed by atoms with Gasteiger partial charge in [-0.2, -0.15) is 0 Å². The van der Waals surface area contributed by atoms with Crippen LogP contribution in [0.25, 0.3) is 0 Å². The van der Waals surface area contributed by atoms with Crippen LogP contribution in [0.4, 0.5) is 0 Å². The first kappa shape index (κ1) is 14.8. The number of primary amides is 1. The largest absolute Gasteiger partial charge is 0.486 e. The first-order chi connectivity index (χ1) is 10.4. The van der Waals surface area contributed by atoms with Gasteiger partial charge in [0.2, 0.25) is 14.2 Å². The quantitative estimate of drug-likeness (QED) is 0.898. The zero-order chi connectivity index (χ0) is 15.9. The fourth-order valence-electron chi connectivity index (χ4n) is 2.01. The molecule has 1 aliphatic heterocycles. The molecule has 2 heterocycles. The number of thiazole rings is 1. The van der Waals surface area contributed by atoms with Gasteiger partial charge in [-0.1, -0.05) is 11.3 Å². The molecule has 116 valence electrons. The summed E-state index contributed by atoms with van der Waals surface area (Å²) in [6.07, 6.45) is 0. The molecule has 1 aliphatic rings.